The number of carboxylic acid groups (broad SMARTS) is 2. The summed E-state index contributed by atoms with van der Waals surface area (Å²) in [6, 6.07) is 0.478. The first-order chi connectivity index (χ1) is 18.1. The Morgan fingerprint density at radius 1 is 0.872 bits per heavy atom. The predicted molar refractivity (Wildman–Crippen MR) is 122 cm³/mol. The molecule has 2 atom stereocenters. The molecule has 39 heavy (non-hydrogen) atoms. The third-order valence-electron chi connectivity index (χ3n) is 6.38. The summed E-state index contributed by atoms with van der Waals surface area (Å²) in [4.78, 5) is 34.7. The predicted octanol–water partition coefficient (Wildman–Crippen LogP) is 3.49. The van der Waals surface area contributed by atoms with Gasteiger partial charge in [-0.15, -0.1) is 0 Å². The average Bonchev–Trinajstić information content (AvgIpc) is 3.36. The van der Waals surface area contributed by atoms with Crippen LogP contribution in [0.3, 0.4) is 0 Å². The van der Waals surface area contributed by atoms with Gasteiger partial charge in [0.05, 0.1) is 25.2 Å². The second-order valence-corrected chi connectivity index (χ2v) is 9.17. The normalized spacial score (nSPS) is 24.8. The van der Waals surface area contributed by atoms with Crippen molar-refractivity contribution in [3.8, 4) is 0 Å². The molecule has 0 radical (unpaired) electrons. The van der Waals surface area contributed by atoms with Crippen LogP contribution in [0.4, 0.5) is 26.3 Å². The number of esters is 1. The first-order valence-electron chi connectivity index (χ1n) is 12.5. The highest BCUT2D eigenvalue weighted by atomic mass is 19.4. The van der Waals surface area contributed by atoms with Gasteiger partial charge in [0, 0.05) is 32.8 Å². The zero-order chi connectivity index (χ0) is 29.8. The number of ether oxygens (including phenoxy) is 3. The molecule has 0 aromatic rings. The molecule has 1 unspecified atom stereocenters. The highest BCUT2D eigenvalue weighted by molar-refractivity contribution is 5.73. The highest BCUT2D eigenvalue weighted by Crippen LogP contribution is 2.32. The average molecular weight is 583 g/mol. The molecule has 3 fully saturated rings. The SMILES string of the molecule is CCOC(=O)C1CCC(OC(N2CCCC2)N2CC[C@H]2COC)CC1.O=C(O)C(F)(F)F.O=C(O)C(F)(F)F. The van der Waals surface area contributed by atoms with Crippen LogP contribution in [0.1, 0.15) is 51.9 Å². The Morgan fingerprint density at radius 3 is 1.72 bits per heavy atom. The van der Waals surface area contributed by atoms with E-state index in [0.717, 1.165) is 51.9 Å². The maximum absolute atomic E-state index is 11.9. The van der Waals surface area contributed by atoms with Crippen LogP contribution < -0.4 is 0 Å². The molecule has 16 heteroatoms. The summed E-state index contributed by atoms with van der Waals surface area (Å²) >= 11 is 0. The third kappa shape index (κ3) is 12.3. The van der Waals surface area contributed by atoms with Gasteiger partial charge in [-0.2, -0.15) is 26.3 Å². The molecule has 0 aromatic heterocycles. The van der Waals surface area contributed by atoms with Crippen LogP contribution in [0.25, 0.3) is 0 Å². The van der Waals surface area contributed by atoms with Crippen molar-refractivity contribution in [1.29, 1.82) is 0 Å². The van der Waals surface area contributed by atoms with Gasteiger partial charge in [0.15, 0.2) is 6.35 Å². The molecule has 2 heterocycles. The van der Waals surface area contributed by atoms with Gasteiger partial charge in [-0.25, -0.2) is 9.59 Å². The largest absolute Gasteiger partial charge is 0.490 e. The lowest BCUT2D eigenvalue weighted by Crippen LogP contribution is -2.62. The van der Waals surface area contributed by atoms with Crippen molar-refractivity contribution in [3.63, 3.8) is 0 Å². The van der Waals surface area contributed by atoms with Crippen LogP contribution in [0.5, 0.6) is 0 Å². The number of rotatable bonds is 8. The van der Waals surface area contributed by atoms with Crippen LogP contribution in [0.2, 0.25) is 0 Å². The van der Waals surface area contributed by atoms with Crippen molar-refractivity contribution in [3.05, 3.63) is 0 Å². The fraction of sp³-hybridized carbons (Fsp3) is 0.870. The molecule has 2 saturated heterocycles. The number of carboxylic acids is 2. The van der Waals surface area contributed by atoms with Gasteiger partial charge >= 0.3 is 30.3 Å². The lowest BCUT2D eigenvalue weighted by molar-refractivity contribution is -0.220. The summed E-state index contributed by atoms with van der Waals surface area (Å²) in [5, 5.41) is 14.2. The summed E-state index contributed by atoms with van der Waals surface area (Å²) in [6.07, 6.45) is -2.43. The van der Waals surface area contributed by atoms with Crippen molar-refractivity contribution >= 4 is 17.9 Å². The minimum Gasteiger partial charge on any atom is -0.475 e. The zero-order valence-electron chi connectivity index (χ0n) is 21.8. The van der Waals surface area contributed by atoms with E-state index in [0.29, 0.717) is 12.6 Å². The van der Waals surface area contributed by atoms with Crippen LogP contribution in [-0.4, -0.2) is 109 Å². The number of hydrogen-bond donors (Lipinski definition) is 2. The Kier molecular flexibility index (Phi) is 14.5. The number of carbonyl (C=O) groups excluding carboxylic acids is 1. The minimum atomic E-state index is -5.08. The van der Waals surface area contributed by atoms with E-state index in [4.69, 9.17) is 34.0 Å². The Balaban J connectivity index is 0.000000449. The number of nitrogens with zero attached hydrogens (tertiary/aromatic N) is 2. The molecular formula is C23H36F6N2O8. The molecule has 2 N–H and O–H groups in total. The molecule has 10 nitrogen and oxygen atoms in total. The molecule has 1 aliphatic carbocycles. The van der Waals surface area contributed by atoms with Crippen LogP contribution in [0.15, 0.2) is 0 Å². The lowest BCUT2D eigenvalue weighted by Gasteiger charge is -2.49. The summed E-state index contributed by atoms with van der Waals surface area (Å²) < 4.78 is 80.6. The highest BCUT2D eigenvalue weighted by Gasteiger charge is 2.41. The summed E-state index contributed by atoms with van der Waals surface area (Å²) in [5.41, 5.74) is 0. The van der Waals surface area contributed by atoms with Crippen LogP contribution >= 0.6 is 0 Å². The van der Waals surface area contributed by atoms with Gasteiger partial charge < -0.3 is 24.4 Å². The molecular weight excluding hydrogens is 546 g/mol. The molecule has 0 amide bonds. The van der Waals surface area contributed by atoms with Crippen molar-refractivity contribution in [1.82, 2.24) is 9.80 Å². The topological polar surface area (TPSA) is 126 Å². The maximum atomic E-state index is 11.9. The maximum Gasteiger partial charge on any atom is 0.490 e. The Labute approximate surface area is 222 Å². The quantitative estimate of drug-likeness (QED) is 0.325. The standard InChI is InChI=1S/C19H34N2O4.2C2HF3O2/c1-3-24-18(22)15-6-8-17(9-7-15)25-19(20-11-4-5-12-20)21-13-10-16(21)14-23-2;2*3-2(4,5)1(6)7/h15-17,19H,3-14H2,1-2H3;2*(H,6,7)/t15?,16-,17?,19?;;/m0../s1. The molecule has 0 bridgehead atoms. The zero-order valence-corrected chi connectivity index (χ0v) is 21.8. The van der Waals surface area contributed by atoms with E-state index in [2.05, 4.69) is 9.80 Å². The van der Waals surface area contributed by atoms with E-state index in [-0.39, 0.29) is 24.3 Å². The van der Waals surface area contributed by atoms with E-state index in [1.807, 2.05) is 6.92 Å². The Hall–Kier alpha value is -2.17. The third-order valence-corrected chi connectivity index (χ3v) is 6.38. The second-order valence-electron chi connectivity index (χ2n) is 9.17. The van der Waals surface area contributed by atoms with Gasteiger partial charge in [-0.3, -0.25) is 14.6 Å². The summed E-state index contributed by atoms with van der Waals surface area (Å²) in [7, 11) is 1.78. The molecule has 3 rings (SSSR count). The van der Waals surface area contributed by atoms with Crippen molar-refractivity contribution < 1.29 is 65.1 Å². The summed E-state index contributed by atoms with van der Waals surface area (Å²) in [6.45, 7) is 6.47. The minimum absolute atomic E-state index is 0.0278. The molecule has 2 aliphatic heterocycles. The molecule has 0 aromatic carbocycles. The number of halogens is 6. The van der Waals surface area contributed by atoms with Gasteiger partial charge in [0.1, 0.15) is 0 Å². The number of likely N-dealkylation sites (tertiary alicyclic amines) is 2. The molecule has 228 valence electrons. The second kappa shape index (κ2) is 16.2. The number of methoxy groups -OCH3 is 1. The molecule has 3 aliphatic rings. The number of aliphatic carboxylic acids is 2. The van der Waals surface area contributed by atoms with Gasteiger partial charge in [-0.05, 0) is 51.9 Å². The van der Waals surface area contributed by atoms with Gasteiger partial charge in [-0.1, -0.05) is 0 Å². The van der Waals surface area contributed by atoms with E-state index < -0.39 is 24.3 Å². The smallest absolute Gasteiger partial charge is 0.475 e. The van der Waals surface area contributed by atoms with E-state index in [1.165, 1.54) is 19.3 Å². The first-order valence-corrected chi connectivity index (χ1v) is 12.5. The van der Waals surface area contributed by atoms with Gasteiger partial charge in [0.25, 0.3) is 0 Å². The van der Waals surface area contributed by atoms with Gasteiger partial charge in [0.2, 0.25) is 0 Å². The summed E-state index contributed by atoms with van der Waals surface area (Å²) in [5.74, 6) is -5.48. The van der Waals surface area contributed by atoms with Crippen molar-refractivity contribution in [2.24, 2.45) is 5.92 Å². The fourth-order valence-electron chi connectivity index (χ4n) is 4.33. The Bertz CT molecular complexity index is 745. The molecule has 1 saturated carbocycles. The Morgan fingerprint density at radius 2 is 1.36 bits per heavy atom. The van der Waals surface area contributed by atoms with Crippen molar-refractivity contribution in [2.45, 2.75) is 82.7 Å². The fourth-order valence-corrected chi connectivity index (χ4v) is 4.33. The number of hydrogen-bond acceptors (Lipinski definition) is 8. The van der Waals surface area contributed by atoms with E-state index in [1.54, 1.807) is 7.11 Å². The first kappa shape index (κ1) is 34.9. The van der Waals surface area contributed by atoms with E-state index in [9.17, 15) is 31.1 Å². The van der Waals surface area contributed by atoms with E-state index >= 15 is 0 Å². The van der Waals surface area contributed by atoms with Crippen LogP contribution in [-0.2, 0) is 28.6 Å². The van der Waals surface area contributed by atoms with Crippen LogP contribution in [0, 0.1) is 5.92 Å². The van der Waals surface area contributed by atoms with Crippen molar-refractivity contribution in [2.75, 3.05) is 40.0 Å². The number of carbonyl (C=O) groups is 3. The monoisotopic (exact) mass is 582 g/mol. The number of alkyl halides is 6. The lowest BCUT2D eigenvalue weighted by atomic mass is 9.87. The molecule has 0 spiro atoms.